The highest BCUT2D eigenvalue weighted by atomic mass is 15.3. The zero-order valence-corrected chi connectivity index (χ0v) is 11.3. The first-order valence-corrected chi connectivity index (χ1v) is 6.13. The lowest BCUT2D eigenvalue weighted by molar-refractivity contribution is 0.763. The van der Waals surface area contributed by atoms with Crippen LogP contribution in [0.25, 0.3) is 0 Å². The third kappa shape index (κ3) is 2.50. The minimum Gasteiger partial charge on any atom is -0.309 e. The van der Waals surface area contributed by atoms with Gasteiger partial charge in [-0.05, 0) is 19.4 Å². The number of nitrogens with zero attached hydrogens (tertiary/aromatic N) is 4. The van der Waals surface area contributed by atoms with Gasteiger partial charge >= 0.3 is 0 Å². The summed E-state index contributed by atoms with van der Waals surface area (Å²) in [6.45, 7) is 7.03. The quantitative estimate of drug-likeness (QED) is 0.868. The van der Waals surface area contributed by atoms with Gasteiger partial charge in [-0.25, -0.2) is 4.99 Å². The van der Waals surface area contributed by atoms with Crippen LogP contribution in [-0.2, 0) is 7.05 Å². The van der Waals surface area contributed by atoms with Crippen molar-refractivity contribution in [1.82, 2.24) is 9.78 Å². The van der Waals surface area contributed by atoms with Gasteiger partial charge in [0.1, 0.15) is 5.82 Å². The molecule has 18 heavy (non-hydrogen) atoms. The maximum absolute atomic E-state index is 4.60. The summed E-state index contributed by atoms with van der Waals surface area (Å²) in [5, 5.41) is 7.30. The van der Waals surface area contributed by atoms with Gasteiger partial charge in [-0.1, -0.05) is 13.0 Å². The van der Waals surface area contributed by atoms with Gasteiger partial charge in [-0.3, -0.25) is 9.67 Å². The van der Waals surface area contributed by atoms with E-state index in [1.165, 1.54) is 5.57 Å². The fourth-order valence-electron chi connectivity index (χ4n) is 1.87. The van der Waals surface area contributed by atoms with Gasteiger partial charge in [0.15, 0.2) is 0 Å². The lowest BCUT2D eigenvalue weighted by atomic mass is 9.98. The molecule has 0 saturated carbocycles. The monoisotopic (exact) mass is 245 g/mol. The molecule has 1 unspecified atom stereocenters. The summed E-state index contributed by atoms with van der Waals surface area (Å²) in [7, 11) is 1.89. The number of aliphatic imine (C=N–C) groups is 2. The highest BCUT2D eigenvalue weighted by Gasteiger charge is 2.18. The minimum absolute atomic E-state index is 0.373. The van der Waals surface area contributed by atoms with Crippen LogP contribution in [0.3, 0.4) is 0 Å². The summed E-state index contributed by atoms with van der Waals surface area (Å²) in [5.41, 5.74) is 2.32. The number of allylic oxidation sites excluding steroid dienone is 2. The molecule has 1 aliphatic heterocycles. The van der Waals surface area contributed by atoms with E-state index in [-0.39, 0.29) is 0 Å². The van der Waals surface area contributed by atoms with Crippen LogP contribution < -0.4 is 5.32 Å². The molecule has 0 aromatic carbocycles. The van der Waals surface area contributed by atoms with Crippen molar-refractivity contribution in [3.05, 3.63) is 23.9 Å². The predicted octanol–water partition coefficient (Wildman–Crippen LogP) is 2.24. The van der Waals surface area contributed by atoms with Crippen LogP contribution in [0.4, 0.5) is 5.82 Å². The van der Waals surface area contributed by atoms with Crippen molar-refractivity contribution in [2.24, 2.45) is 23.0 Å². The van der Waals surface area contributed by atoms with Crippen molar-refractivity contribution in [2.75, 3.05) is 11.9 Å². The second-order valence-corrected chi connectivity index (χ2v) is 4.50. The van der Waals surface area contributed by atoms with Gasteiger partial charge in [0.05, 0.1) is 18.5 Å². The summed E-state index contributed by atoms with van der Waals surface area (Å²) in [4.78, 5) is 9.04. The molecule has 5 nitrogen and oxygen atoms in total. The van der Waals surface area contributed by atoms with E-state index in [9.17, 15) is 0 Å². The maximum atomic E-state index is 4.60. The molecule has 1 atom stereocenters. The van der Waals surface area contributed by atoms with Crippen molar-refractivity contribution < 1.29 is 0 Å². The molecule has 1 aromatic rings. The molecule has 0 bridgehead atoms. The fraction of sp³-hybridized carbons (Fsp3) is 0.462. The lowest BCUT2D eigenvalue weighted by Gasteiger charge is -2.19. The fourth-order valence-corrected chi connectivity index (χ4v) is 1.87. The molecule has 0 amide bonds. The Balaban J connectivity index is 2.21. The first-order valence-electron chi connectivity index (χ1n) is 6.13. The van der Waals surface area contributed by atoms with Gasteiger partial charge in [0.25, 0.3) is 0 Å². The Morgan fingerprint density at radius 1 is 1.56 bits per heavy atom. The summed E-state index contributed by atoms with van der Waals surface area (Å²) in [5.74, 6) is 1.93. The first kappa shape index (κ1) is 12.5. The largest absolute Gasteiger partial charge is 0.309 e. The third-order valence-corrected chi connectivity index (χ3v) is 3.11. The molecule has 2 heterocycles. The molecular formula is C13H19N5. The molecule has 1 aromatic heterocycles. The number of rotatable bonds is 2. The number of anilines is 1. The molecule has 1 aliphatic rings. The van der Waals surface area contributed by atoms with E-state index in [4.69, 9.17) is 0 Å². The topological polar surface area (TPSA) is 54.6 Å². The number of hydrogen-bond donors (Lipinski definition) is 1. The summed E-state index contributed by atoms with van der Waals surface area (Å²) in [6, 6.07) is 1.90. The van der Waals surface area contributed by atoms with Gasteiger partial charge in [-0.15, -0.1) is 0 Å². The second kappa shape index (κ2) is 5.16. The van der Waals surface area contributed by atoms with Crippen LogP contribution >= 0.6 is 0 Å². The SMILES string of the molecule is C/C=C(\C)C1=NC(Nc2ccnn2C)=NCC1C. The van der Waals surface area contributed by atoms with Crippen LogP contribution in [0.5, 0.6) is 0 Å². The summed E-state index contributed by atoms with van der Waals surface area (Å²) >= 11 is 0. The van der Waals surface area contributed by atoms with E-state index in [1.807, 2.05) is 20.0 Å². The van der Waals surface area contributed by atoms with Gasteiger partial charge in [-0.2, -0.15) is 5.10 Å². The molecule has 1 N–H and O–H groups in total. The van der Waals surface area contributed by atoms with Crippen molar-refractivity contribution in [1.29, 1.82) is 0 Å². The molecule has 96 valence electrons. The van der Waals surface area contributed by atoms with Crippen molar-refractivity contribution in [3.63, 3.8) is 0 Å². The van der Waals surface area contributed by atoms with Crippen molar-refractivity contribution in [2.45, 2.75) is 20.8 Å². The molecule has 0 saturated heterocycles. The van der Waals surface area contributed by atoms with E-state index in [0.717, 1.165) is 18.1 Å². The molecule has 0 radical (unpaired) electrons. The normalized spacial score (nSPS) is 20.4. The number of nitrogens with one attached hydrogen (secondary N) is 1. The lowest BCUT2D eigenvalue weighted by Crippen LogP contribution is -2.26. The van der Waals surface area contributed by atoms with E-state index in [1.54, 1.807) is 10.9 Å². The van der Waals surface area contributed by atoms with E-state index < -0.39 is 0 Å². The molecular weight excluding hydrogens is 226 g/mol. The van der Waals surface area contributed by atoms with Gasteiger partial charge in [0.2, 0.25) is 5.96 Å². The Morgan fingerprint density at radius 3 is 2.94 bits per heavy atom. The average molecular weight is 245 g/mol. The Morgan fingerprint density at radius 2 is 2.33 bits per heavy atom. The zero-order chi connectivity index (χ0) is 13.1. The van der Waals surface area contributed by atoms with E-state index in [0.29, 0.717) is 11.9 Å². The van der Waals surface area contributed by atoms with Crippen LogP contribution in [0, 0.1) is 5.92 Å². The number of aryl methyl sites for hydroxylation is 1. The average Bonchev–Trinajstić information content (AvgIpc) is 2.76. The smallest absolute Gasteiger partial charge is 0.223 e. The Labute approximate surface area is 107 Å². The Kier molecular flexibility index (Phi) is 3.60. The summed E-state index contributed by atoms with van der Waals surface area (Å²) in [6.07, 6.45) is 3.83. The number of guanidine groups is 1. The van der Waals surface area contributed by atoms with Crippen LogP contribution in [0.15, 0.2) is 33.9 Å². The molecule has 0 aliphatic carbocycles. The van der Waals surface area contributed by atoms with Crippen LogP contribution in [-0.4, -0.2) is 28.0 Å². The first-order chi connectivity index (χ1) is 8.61. The number of hydrogen-bond acceptors (Lipinski definition) is 4. The Bertz CT molecular complexity index is 521. The van der Waals surface area contributed by atoms with E-state index >= 15 is 0 Å². The summed E-state index contributed by atoms with van der Waals surface area (Å²) < 4.78 is 1.76. The number of aromatic nitrogens is 2. The standard InChI is InChI=1S/C13H19N5/c1-5-9(2)12-10(3)8-14-13(17-12)16-11-6-7-15-18(11)4/h5-7,10H,8H2,1-4H3,(H,14,16)/b9-5+. The second-order valence-electron chi connectivity index (χ2n) is 4.50. The third-order valence-electron chi connectivity index (χ3n) is 3.11. The Hall–Kier alpha value is -1.91. The van der Waals surface area contributed by atoms with Crippen LogP contribution in [0.2, 0.25) is 0 Å². The highest BCUT2D eigenvalue weighted by Crippen LogP contribution is 2.15. The molecule has 2 rings (SSSR count). The van der Waals surface area contributed by atoms with Crippen LogP contribution in [0.1, 0.15) is 20.8 Å². The molecule has 5 heteroatoms. The highest BCUT2D eigenvalue weighted by molar-refractivity contribution is 6.11. The maximum Gasteiger partial charge on any atom is 0.223 e. The molecule has 0 fully saturated rings. The van der Waals surface area contributed by atoms with Crippen molar-refractivity contribution >= 4 is 17.5 Å². The zero-order valence-electron chi connectivity index (χ0n) is 11.3. The van der Waals surface area contributed by atoms with Gasteiger partial charge in [0, 0.05) is 19.0 Å². The molecule has 0 spiro atoms. The minimum atomic E-state index is 0.373. The van der Waals surface area contributed by atoms with Crippen molar-refractivity contribution in [3.8, 4) is 0 Å². The van der Waals surface area contributed by atoms with Gasteiger partial charge < -0.3 is 5.32 Å². The van der Waals surface area contributed by atoms with E-state index in [2.05, 4.69) is 40.3 Å². The predicted molar refractivity (Wildman–Crippen MR) is 75.2 cm³/mol.